The molecular weight excluding hydrogens is 308 g/mol. The van der Waals surface area contributed by atoms with Gasteiger partial charge in [-0.2, -0.15) is 0 Å². The summed E-state index contributed by atoms with van der Waals surface area (Å²) in [5.74, 6) is 0. The largest absolute Gasteiger partial charge is 0.379 e. The molecule has 0 bridgehead atoms. The minimum Gasteiger partial charge on any atom is -0.379 e. The summed E-state index contributed by atoms with van der Waals surface area (Å²) in [5, 5.41) is 0. The molecule has 0 radical (unpaired) electrons. The van der Waals surface area contributed by atoms with Crippen LogP contribution in [0.15, 0.2) is 0 Å². The summed E-state index contributed by atoms with van der Waals surface area (Å²) in [4.78, 5) is 0. The molecule has 0 amide bonds. The Hall–Kier alpha value is -0.200. The van der Waals surface area contributed by atoms with E-state index in [2.05, 4.69) is 0 Å². The maximum atomic E-state index is 5.98. The fourth-order valence-corrected chi connectivity index (χ4v) is 3.26. The SMILES string of the molecule is CCOCC(COCCC1CCCCO1)OCCC1CCCCO1. The van der Waals surface area contributed by atoms with Crippen LogP contribution in [0, 0.1) is 0 Å². The molecule has 2 rings (SSSR count). The summed E-state index contributed by atoms with van der Waals surface area (Å²) in [6.45, 7) is 7.18. The van der Waals surface area contributed by atoms with Crippen molar-refractivity contribution in [1.82, 2.24) is 0 Å². The first-order chi connectivity index (χ1) is 11.9. The topological polar surface area (TPSA) is 46.2 Å². The predicted molar refractivity (Wildman–Crippen MR) is 93.5 cm³/mol. The van der Waals surface area contributed by atoms with Gasteiger partial charge < -0.3 is 23.7 Å². The van der Waals surface area contributed by atoms with Crippen LogP contribution in [0.2, 0.25) is 0 Å². The van der Waals surface area contributed by atoms with Crippen molar-refractivity contribution in [2.45, 2.75) is 76.6 Å². The third-order valence-corrected chi connectivity index (χ3v) is 4.74. The first-order valence-corrected chi connectivity index (χ1v) is 9.88. The van der Waals surface area contributed by atoms with Gasteiger partial charge in [-0.15, -0.1) is 0 Å². The molecular formula is C19H36O5. The molecule has 142 valence electrons. The van der Waals surface area contributed by atoms with Gasteiger partial charge in [-0.1, -0.05) is 0 Å². The minimum atomic E-state index is 0.0146. The molecule has 0 aromatic rings. The first-order valence-electron chi connectivity index (χ1n) is 9.88. The van der Waals surface area contributed by atoms with Crippen LogP contribution in [0.3, 0.4) is 0 Å². The van der Waals surface area contributed by atoms with E-state index >= 15 is 0 Å². The van der Waals surface area contributed by atoms with Crippen molar-refractivity contribution in [1.29, 1.82) is 0 Å². The van der Waals surface area contributed by atoms with Crippen LogP contribution in [0.4, 0.5) is 0 Å². The lowest BCUT2D eigenvalue weighted by Gasteiger charge is -2.24. The van der Waals surface area contributed by atoms with Crippen molar-refractivity contribution in [3.8, 4) is 0 Å². The van der Waals surface area contributed by atoms with Crippen molar-refractivity contribution in [2.24, 2.45) is 0 Å². The van der Waals surface area contributed by atoms with Crippen molar-refractivity contribution in [3.05, 3.63) is 0 Å². The summed E-state index contributed by atoms with van der Waals surface area (Å²) >= 11 is 0. The monoisotopic (exact) mass is 344 g/mol. The van der Waals surface area contributed by atoms with Gasteiger partial charge in [0.1, 0.15) is 6.10 Å². The summed E-state index contributed by atoms with van der Waals surface area (Å²) in [5.41, 5.74) is 0. The molecule has 0 spiro atoms. The molecule has 0 aliphatic carbocycles. The maximum Gasteiger partial charge on any atom is 0.104 e. The molecule has 2 fully saturated rings. The molecule has 2 aliphatic heterocycles. The van der Waals surface area contributed by atoms with E-state index in [4.69, 9.17) is 23.7 Å². The van der Waals surface area contributed by atoms with Gasteiger partial charge in [0, 0.05) is 33.0 Å². The Labute approximate surface area is 147 Å². The van der Waals surface area contributed by atoms with Crippen LogP contribution >= 0.6 is 0 Å². The fourth-order valence-electron chi connectivity index (χ4n) is 3.26. The summed E-state index contributed by atoms with van der Waals surface area (Å²) < 4.78 is 28.8. The molecule has 2 saturated heterocycles. The molecule has 0 saturated carbocycles. The van der Waals surface area contributed by atoms with E-state index in [0.717, 1.165) is 45.7 Å². The number of rotatable bonds is 12. The normalized spacial score (nSPS) is 26.4. The van der Waals surface area contributed by atoms with Gasteiger partial charge in [-0.3, -0.25) is 0 Å². The van der Waals surface area contributed by atoms with Crippen molar-refractivity contribution in [3.63, 3.8) is 0 Å². The number of hydrogen-bond acceptors (Lipinski definition) is 5. The average molecular weight is 344 g/mol. The smallest absolute Gasteiger partial charge is 0.104 e. The third-order valence-electron chi connectivity index (χ3n) is 4.74. The highest BCUT2D eigenvalue weighted by Gasteiger charge is 2.17. The van der Waals surface area contributed by atoms with Crippen molar-refractivity contribution < 1.29 is 23.7 Å². The minimum absolute atomic E-state index is 0.0146. The molecule has 3 atom stereocenters. The van der Waals surface area contributed by atoms with Gasteiger partial charge >= 0.3 is 0 Å². The van der Waals surface area contributed by atoms with E-state index in [1.54, 1.807) is 0 Å². The van der Waals surface area contributed by atoms with Gasteiger partial charge in [0.15, 0.2) is 0 Å². The molecule has 0 aromatic carbocycles. The standard InChI is InChI=1S/C19H36O5/c1-2-20-15-19(24-14-10-18-8-4-6-12-23-18)16-21-13-9-17-7-3-5-11-22-17/h17-19H,2-16H2,1H3. The Morgan fingerprint density at radius 2 is 1.46 bits per heavy atom. The van der Waals surface area contributed by atoms with Crippen LogP contribution in [0.25, 0.3) is 0 Å². The highest BCUT2D eigenvalue weighted by atomic mass is 16.6. The van der Waals surface area contributed by atoms with Crippen LogP contribution in [-0.4, -0.2) is 64.6 Å². The lowest BCUT2D eigenvalue weighted by Crippen LogP contribution is -2.29. The zero-order valence-electron chi connectivity index (χ0n) is 15.4. The Bertz CT molecular complexity index is 287. The lowest BCUT2D eigenvalue weighted by molar-refractivity contribution is -0.0781. The van der Waals surface area contributed by atoms with Crippen LogP contribution in [0.5, 0.6) is 0 Å². The van der Waals surface area contributed by atoms with E-state index < -0.39 is 0 Å². The van der Waals surface area contributed by atoms with Crippen molar-refractivity contribution in [2.75, 3.05) is 46.2 Å². The van der Waals surface area contributed by atoms with E-state index in [1.807, 2.05) is 6.92 Å². The second-order valence-electron chi connectivity index (χ2n) is 6.78. The van der Waals surface area contributed by atoms with E-state index in [0.29, 0.717) is 32.0 Å². The average Bonchev–Trinajstić information content (AvgIpc) is 2.64. The third kappa shape index (κ3) is 8.77. The van der Waals surface area contributed by atoms with E-state index in [1.165, 1.54) is 32.1 Å². The molecule has 24 heavy (non-hydrogen) atoms. The Morgan fingerprint density at radius 3 is 2.04 bits per heavy atom. The number of hydrogen-bond donors (Lipinski definition) is 0. The predicted octanol–water partition coefficient (Wildman–Crippen LogP) is 3.34. The van der Waals surface area contributed by atoms with E-state index in [-0.39, 0.29) is 6.10 Å². The molecule has 3 unspecified atom stereocenters. The Morgan fingerprint density at radius 1 is 0.833 bits per heavy atom. The van der Waals surface area contributed by atoms with E-state index in [9.17, 15) is 0 Å². The fraction of sp³-hybridized carbons (Fsp3) is 1.00. The highest BCUT2D eigenvalue weighted by molar-refractivity contribution is 4.65. The van der Waals surface area contributed by atoms with Crippen LogP contribution in [0.1, 0.15) is 58.3 Å². The van der Waals surface area contributed by atoms with Gasteiger partial charge in [0.25, 0.3) is 0 Å². The number of ether oxygens (including phenoxy) is 5. The zero-order chi connectivity index (χ0) is 16.9. The van der Waals surface area contributed by atoms with Gasteiger partial charge in [-0.05, 0) is 58.3 Å². The molecule has 0 aromatic heterocycles. The maximum absolute atomic E-state index is 5.98. The van der Waals surface area contributed by atoms with Gasteiger partial charge in [-0.25, -0.2) is 0 Å². The zero-order valence-corrected chi connectivity index (χ0v) is 15.4. The summed E-state index contributed by atoms with van der Waals surface area (Å²) in [7, 11) is 0. The van der Waals surface area contributed by atoms with Crippen molar-refractivity contribution >= 4 is 0 Å². The Kier molecular flexibility index (Phi) is 10.9. The second kappa shape index (κ2) is 13.1. The second-order valence-corrected chi connectivity index (χ2v) is 6.78. The molecule has 2 heterocycles. The quantitative estimate of drug-likeness (QED) is 0.508. The molecule has 2 aliphatic rings. The molecule has 0 N–H and O–H groups in total. The van der Waals surface area contributed by atoms with Crippen LogP contribution in [-0.2, 0) is 23.7 Å². The first kappa shape index (κ1) is 20.1. The lowest BCUT2D eigenvalue weighted by atomic mass is 10.1. The molecule has 5 nitrogen and oxygen atoms in total. The summed E-state index contributed by atoms with van der Waals surface area (Å²) in [6, 6.07) is 0. The van der Waals surface area contributed by atoms with Gasteiger partial charge in [0.2, 0.25) is 0 Å². The van der Waals surface area contributed by atoms with Gasteiger partial charge in [0.05, 0.1) is 25.4 Å². The Balaban J connectivity index is 1.54. The summed E-state index contributed by atoms with van der Waals surface area (Å²) in [6.07, 6.45) is 10.0. The highest BCUT2D eigenvalue weighted by Crippen LogP contribution is 2.17. The molecule has 5 heteroatoms. The van der Waals surface area contributed by atoms with Crippen LogP contribution < -0.4 is 0 Å².